The number of hydrogen-bond acceptors (Lipinski definition) is 4. The maximum atomic E-state index is 13.2. The molecule has 2 saturated heterocycles. The highest BCUT2D eigenvalue weighted by Gasteiger charge is 2.52. The molecule has 1 aromatic carbocycles. The lowest BCUT2D eigenvalue weighted by Gasteiger charge is -2.45. The predicted molar refractivity (Wildman–Crippen MR) is 125 cm³/mol. The van der Waals surface area contributed by atoms with Gasteiger partial charge in [-0.3, -0.25) is 10.1 Å². The number of rotatable bonds is 7. The Labute approximate surface area is 196 Å². The molecule has 0 aliphatic carbocycles. The summed E-state index contributed by atoms with van der Waals surface area (Å²) in [6.45, 7) is 9.89. The van der Waals surface area contributed by atoms with E-state index in [1.165, 1.54) is 22.5 Å². The molecule has 0 saturated carbocycles. The van der Waals surface area contributed by atoms with Gasteiger partial charge in [0.25, 0.3) is 0 Å². The standard InChI is InChI=1S/C22H33Cl2N3O3S/c1-5-16(4)14-27-21(28)20(12-15(2)3)25-22(27)8-10-26(11-9-22)31(29,30)17-6-7-18(23)19(24)13-17/h6-7,13,15-16,20,25H,5,8-12,14H2,1-4H3/t16-,20-/m0/s1. The Bertz CT molecular complexity index is 915. The molecule has 1 N–H and O–H groups in total. The van der Waals surface area contributed by atoms with E-state index >= 15 is 0 Å². The van der Waals surface area contributed by atoms with Crippen molar-refractivity contribution < 1.29 is 13.2 Å². The molecular formula is C22H33Cl2N3O3S. The minimum Gasteiger partial charge on any atom is -0.323 e. The van der Waals surface area contributed by atoms with Crippen LogP contribution in [0.4, 0.5) is 0 Å². The van der Waals surface area contributed by atoms with Gasteiger partial charge in [0.15, 0.2) is 0 Å². The highest BCUT2D eigenvalue weighted by atomic mass is 35.5. The minimum absolute atomic E-state index is 0.141. The lowest BCUT2D eigenvalue weighted by molar-refractivity contribution is -0.134. The Kier molecular flexibility index (Phi) is 7.64. The summed E-state index contributed by atoms with van der Waals surface area (Å²) in [7, 11) is -3.68. The van der Waals surface area contributed by atoms with E-state index in [1.807, 2.05) is 4.90 Å². The second-order valence-electron chi connectivity index (χ2n) is 9.30. The van der Waals surface area contributed by atoms with Gasteiger partial charge in [-0.2, -0.15) is 4.31 Å². The zero-order chi connectivity index (χ0) is 23.0. The smallest absolute Gasteiger partial charge is 0.243 e. The predicted octanol–water partition coefficient (Wildman–Crippen LogP) is 4.37. The number of benzene rings is 1. The molecule has 6 nitrogen and oxygen atoms in total. The summed E-state index contributed by atoms with van der Waals surface area (Å²) in [6.07, 6.45) is 2.89. The van der Waals surface area contributed by atoms with Crippen molar-refractivity contribution in [2.75, 3.05) is 19.6 Å². The summed E-state index contributed by atoms with van der Waals surface area (Å²) < 4.78 is 27.8. The third kappa shape index (κ3) is 5.06. The van der Waals surface area contributed by atoms with Crippen LogP contribution in [0.5, 0.6) is 0 Å². The molecule has 2 heterocycles. The average molecular weight is 490 g/mol. The largest absolute Gasteiger partial charge is 0.323 e. The number of piperidine rings is 1. The van der Waals surface area contributed by atoms with E-state index in [0.29, 0.717) is 49.3 Å². The van der Waals surface area contributed by atoms with E-state index in [0.717, 1.165) is 12.8 Å². The van der Waals surface area contributed by atoms with Crippen LogP contribution < -0.4 is 5.32 Å². The first kappa shape index (κ1) is 24.8. The maximum Gasteiger partial charge on any atom is 0.243 e. The third-order valence-corrected chi connectivity index (χ3v) is 9.13. The van der Waals surface area contributed by atoms with Gasteiger partial charge in [-0.15, -0.1) is 0 Å². The number of hydrogen-bond donors (Lipinski definition) is 1. The van der Waals surface area contributed by atoms with E-state index in [1.54, 1.807) is 0 Å². The van der Waals surface area contributed by atoms with Crippen LogP contribution in [0.15, 0.2) is 23.1 Å². The molecule has 1 aromatic rings. The van der Waals surface area contributed by atoms with Crippen molar-refractivity contribution in [2.24, 2.45) is 11.8 Å². The normalized spacial score (nSPS) is 23.1. The van der Waals surface area contributed by atoms with Crippen LogP contribution in [-0.2, 0) is 14.8 Å². The van der Waals surface area contributed by atoms with Gasteiger partial charge in [0.05, 0.1) is 26.6 Å². The fourth-order valence-corrected chi connectivity index (χ4v) is 6.33. The molecule has 3 rings (SSSR count). The third-order valence-electron chi connectivity index (χ3n) is 6.50. The number of carbonyl (C=O) groups is 1. The van der Waals surface area contributed by atoms with Crippen LogP contribution >= 0.6 is 23.2 Å². The molecule has 0 aromatic heterocycles. The Hall–Kier alpha value is -0.860. The molecule has 174 valence electrons. The molecular weight excluding hydrogens is 457 g/mol. The molecule has 0 radical (unpaired) electrons. The van der Waals surface area contributed by atoms with Crippen LogP contribution in [0.1, 0.15) is 53.4 Å². The average Bonchev–Trinajstić information content (AvgIpc) is 2.94. The van der Waals surface area contributed by atoms with E-state index in [-0.39, 0.29) is 21.9 Å². The number of halogens is 2. The molecule has 2 atom stereocenters. The summed E-state index contributed by atoms with van der Waals surface area (Å²) in [5, 5.41) is 4.15. The van der Waals surface area contributed by atoms with Crippen molar-refractivity contribution in [3.63, 3.8) is 0 Å². The zero-order valence-electron chi connectivity index (χ0n) is 18.7. The zero-order valence-corrected chi connectivity index (χ0v) is 21.0. The van der Waals surface area contributed by atoms with Gasteiger partial charge in [0, 0.05) is 19.6 Å². The second kappa shape index (κ2) is 9.56. The summed E-state index contributed by atoms with van der Waals surface area (Å²) in [6, 6.07) is 4.18. The number of carbonyl (C=O) groups excluding carboxylic acids is 1. The Morgan fingerprint density at radius 3 is 2.35 bits per heavy atom. The number of nitrogens with one attached hydrogen (secondary N) is 1. The number of amides is 1. The summed E-state index contributed by atoms with van der Waals surface area (Å²) in [5.41, 5.74) is -0.482. The second-order valence-corrected chi connectivity index (χ2v) is 12.1. The van der Waals surface area contributed by atoms with Gasteiger partial charge in [0.1, 0.15) is 0 Å². The maximum absolute atomic E-state index is 13.2. The lowest BCUT2D eigenvalue weighted by atomic mass is 9.95. The molecule has 9 heteroatoms. The fraction of sp³-hybridized carbons (Fsp3) is 0.682. The molecule has 2 aliphatic heterocycles. The SMILES string of the molecule is CC[C@H](C)CN1C(=O)[C@H](CC(C)C)NC12CCN(S(=O)(=O)c1ccc(Cl)c(Cl)c1)CC2. The molecule has 1 spiro atoms. The first-order valence-electron chi connectivity index (χ1n) is 11.0. The van der Waals surface area contributed by atoms with Crippen molar-refractivity contribution in [3.8, 4) is 0 Å². The first-order chi connectivity index (χ1) is 14.5. The molecule has 2 aliphatic rings. The Morgan fingerprint density at radius 2 is 1.81 bits per heavy atom. The molecule has 0 bridgehead atoms. The van der Waals surface area contributed by atoms with Crippen molar-refractivity contribution >= 4 is 39.1 Å². The topological polar surface area (TPSA) is 69.7 Å². The van der Waals surface area contributed by atoms with E-state index in [9.17, 15) is 13.2 Å². The van der Waals surface area contributed by atoms with Crippen LogP contribution in [0, 0.1) is 11.8 Å². The summed E-state index contributed by atoms with van der Waals surface area (Å²) in [4.78, 5) is 15.4. The molecule has 2 fully saturated rings. The molecule has 1 amide bonds. The van der Waals surface area contributed by atoms with Gasteiger partial charge in [-0.05, 0) is 49.3 Å². The van der Waals surface area contributed by atoms with Crippen molar-refractivity contribution in [1.82, 2.24) is 14.5 Å². The highest BCUT2D eigenvalue weighted by Crippen LogP contribution is 2.37. The molecule has 0 unspecified atom stereocenters. The van der Waals surface area contributed by atoms with Gasteiger partial charge in [-0.25, -0.2) is 8.42 Å². The van der Waals surface area contributed by atoms with E-state index < -0.39 is 15.7 Å². The van der Waals surface area contributed by atoms with E-state index in [2.05, 4.69) is 33.0 Å². The fourth-order valence-electron chi connectivity index (χ4n) is 4.50. The molecule has 31 heavy (non-hydrogen) atoms. The van der Waals surface area contributed by atoms with Crippen LogP contribution in [0.25, 0.3) is 0 Å². The lowest BCUT2D eigenvalue weighted by Crippen LogP contribution is -2.60. The highest BCUT2D eigenvalue weighted by molar-refractivity contribution is 7.89. The van der Waals surface area contributed by atoms with E-state index in [4.69, 9.17) is 23.2 Å². The summed E-state index contributed by atoms with van der Waals surface area (Å²) >= 11 is 12.0. The number of nitrogens with zero attached hydrogens (tertiary/aromatic N) is 2. The quantitative estimate of drug-likeness (QED) is 0.617. The Morgan fingerprint density at radius 1 is 1.16 bits per heavy atom. The van der Waals surface area contributed by atoms with Crippen molar-refractivity contribution in [2.45, 2.75) is 70.0 Å². The first-order valence-corrected chi connectivity index (χ1v) is 13.2. The van der Waals surface area contributed by atoms with Crippen LogP contribution in [-0.4, -0.2) is 54.9 Å². The van der Waals surface area contributed by atoms with Gasteiger partial charge < -0.3 is 4.90 Å². The monoisotopic (exact) mass is 489 g/mol. The van der Waals surface area contributed by atoms with Crippen molar-refractivity contribution in [3.05, 3.63) is 28.2 Å². The summed E-state index contributed by atoms with van der Waals surface area (Å²) in [5.74, 6) is 0.936. The Balaban J connectivity index is 1.80. The van der Waals surface area contributed by atoms with Crippen LogP contribution in [0.2, 0.25) is 10.0 Å². The van der Waals surface area contributed by atoms with Gasteiger partial charge in [0.2, 0.25) is 15.9 Å². The van der Waals surface area contributed by atoms with Crippen molar-refractivity contribution in [1.29, 1.82) is 0 Å². The van der Waals surface area contributed by atoms with Gasteiger partial charge in [-0.1, -0.05) is 57.3 Å². The number of sulfonamides is 1. The minimum atomic E-state index is -3.68. The van der Waals surface area contributed by atoms with Gasteiger partial charge >= 0.3 is 0 Å². The van der Waals surface area contributed by atoms with Crippen LogP contribution in [0.3, 0.4) is 0 Å².